The molecule has 0 fully saturated rings. The van der Waals surface area contributed by atoms with Crippen LogP contribution < -0.4 is 0 Å². The van der Waals surface area contributed by atoms with E-state index in [1.165, 1.54) is 12.1 Å². The van der Waals surface area contributed by atoms with E-state index in [2.05, 4.69) is 0 Å². The molecule has 0 amide bonds. The number of halogens is 2. The highest BCUT2D eigenvalue weighted by molar-refractivity contribution is 6.31. The number of ketones is 1. The van der Waals surface area contributed by atoms with Gasteiger partial charge in [0.1, 0.15) is 5.82 Å². The molecule has 1 aliphatic carbocycles. The van der Waals surface area contributed by atoms with Crippen molar-refractivity contribution in [1.29, 1.82) is 0 Å². The van der Waals surface area contributed by atoms with Crippen LogP contribution in [0.15, 0.2) is 29.8 Å². The first-order valence-corrected chi connectivity index (χ1v) is 6.21. The highest BCUT2D eigenvalue weighted by atomic mass is 35.5. The lowest BCUT2D eigenvalue weighted by molar-refractivity contribution is -0.115. The van der Waals surface area contributed by atoms with Gasteiger partial charge in [-0.05, 0) is 49.0 Å². The third-order valence-corrected chi connectivity index (χ3v) is 3.37. The minimum Gasteiger partial charge on any atom is -0.294 e. The molecule has 1 aliphatic rings. The van der Waals surface area contributed by atoms with Crippen molar-refractivity contribution in [2.45, 2.75) is 32.1 Å². The predicted octanol–water partition coefficient (Wildman–Crippen LogP) is 4.09. The average Bonchev–Trinajstić information content (AvgIpc) is 2.34. The van der Waals surface area contributed by atoms with Crippen molar-refractivity contribution >= 4 is 17.4 Å². The second-order valence-electron chi connectivity index (χ2n) is 4.31. The number of hydrogen-bond acceptors (Lipinski definition) is 1. The number of hydrogen-bond donors (Lipinski definition) is 0. The van der Waals surface area contributed by atoms with Crippen LogP contribution in [0.3, 0.4) is 0 Å². The van der Waals surface area contributed by atoms with Crippen LogP contribution in [-0.2, 0) is 11.2 Å². The van der Waals surface area contributed by atoms with Crippen LogP contribution >= 0.6 is 11.6 Å². The van der Waals surface area contributed by atoms with Crippen LogP contribution in [0, 0.1) is 5.82 Å². The van der Waals surface area contributed by atoms with Crippen molar-refractivity contribution in [1.82, 2.24) is 0 Å². The number of rotatable bonds is 3. The summed E-state index contributed by atoms with van der Waals surface area (Å²) < 4.78 is 12.9. The normalized spacial score (nSPS) is 15.5. The molecule has 0 unspecified atom stereocenters. The smallest absolute Gasteiger partial charge is 0.162 e. The lowest BCUT2D eigenvalue weighted by Crippen LogP contribution is -2.09. The van der Waals surface area contributed by atoms with Crippen LogP contribution in [0.4, 0.5) is 4.39 Å². The zero-order valence-corrected chi connectivity index (χ0v) is 10.3. The average molecular weight is 253 g/mol. The summed E-state index contributed by atoms with van der Waals surface area (Å²) in [6, 6.07) is 4.17. The second kappa shape index (κ2) is 5.46. The Morgan fingerprint density at radius 3 is 2.82 bits per heavy atom. The molecule has 0 atom stereocenters. The molecule has 0 aliphatic heterocycles. The largest absolute Gasteiger partial charge is 0.294 e. The zero-order chi connectivity index (χ0) is 12.3. The molecule has 1 aromatic rings. The zero-order valence-electron chi connectivity index (χ0n) is 9.51. The van der Waals surface area contributed by atoms with Gasteiger partial charge in [0.05, 0.1) is 0 Å². The van der Waals surface area contributed by atoms with Crippen LogP contribution in [0.2, 0.25) is 5.02 Å². The summed E-state index contributed by atoms with van der Waals surface area (Å²) in [5.74, 6) is -0.263. The second-order valence-corrected chi connectivity index (χ2v) is 4.72. The van der Waals surface area contributed by atoms with Gasteiger partial charge in [0.25, 0.3) is 0 Å². The Labute approximate surface area is 105 Å². The van der Waals surface area contributed by atoms with Gasteiger partial charge in [0, 0.05) is 11.4 Å². The van der Waals surface area contributed by atoms with Crippen molar-refractivity contribution in [2.24, 2.45) is 0 Å². The van der Waals surface area contributed by atoms with E-state index in [0.29, 0.717) is 10.6 Å². The van der Waals surface area contributed by atoms with Crippen molar-refractivity contribution in [3.8, 4) is 0 Å². The lowest BCUT2D eigenvalue weighted by Gasteiger charge is -2.12. The quantitative estimate of drug-likeness (QED) is 0.792. The third kappa shape index (κ3) is 3.16. The molecule has 17 heavy (non-hydrogen) atoms. The molecule has 0 heterocycles. The van der Waals surface area contributed by atoms with Crippen molar-refractivity contribution in [3.63, 3.8) is 0 Å². The Morgan fingerprint density at radius 1 is 1.35 bits per heavy atom. The van der Waals surface area contributed by atoms with Gasteiger partial charge in [-0.15, -0.1) is 0 Å². The Hall–Kier alpha value is -1.15. The molecule has 90 valence electrons. The maximum Gasteiger partial charge on any atom is 0.162 e. The minimum absolute atomic E-state index is 0.109. The van der Waals surface area contributed by atoms with Crippen LogP contribution in [0.5, 0.6) is 0 Å². The molecule has 0 radical (unpaired) electrons. The fourth-order valence-electron chi connectivity index (χ4n) is 2.04. The number of carbonyl (C=O) groups excluding carboxylic acids is 1. The minimum atomic E-state index is -0.372. The molecule has 0 N–H and O–H groups in total. The third-order valence-electron chi connectivity index (χ3n) is 3.02. The van der Waals surface area contributed by atoms with E-state index in [1.807, 2.05) is 6.08 Å². The molecular formula is C14H14ClFO. The number of carbonyl (C=O) groups is 1. The first-order chi connectivity index (χ1) is 8.16. The van der Waals surface area contributed by atoms with Crippen LogP contribution in [0.1, 0.15) is 31.2 Å². The summed E-state index contributed by atoms with van der Waals surface area (Å²) in [7, 11) is 0. The molecule has 0 saturated heterocycles. The Bertz CT molecular complexity index is 465. The van der Waals surface area contributed by atoms with Gasteiger partial charge < -0.3 is 0 Å². The predicted molar refractivity (Wildman–Crippen MR) is 66.7 cm³/mol. The highest BCUT2D eigenvalue weighted by Crippen LogP contribution is 2.22. The summed E-state index contributed by atoms with van der Waals surface area (Å²) in [6.07, 6.45) is 6.37. The monoisotopic (exact) mass is 252 g/mol. The molecule has 0 saturated carbocycles. The van der Waals surface area contributed by atoms with E-state index in [9.17, 15) is 9.18 Å². The summed E-state index contributed by atoms with van der Waals surface area (Å²) >= 11 is 5.90. The summed E-state index contributed by atoms with van der Waals surface area (Å²) in [5.41, 5.74) is 1.60. The van der Waals surface area contributed by atoms with E-state index >= 15 is 0 Å². The molecule has 0 aromatic heterocycles. The summed E-state index contributed by atoms with van der Waals surface area (Å²) in [4.78, 5) is 12.0. The SMILES string of the molecule is O=C(Cc1ccc(F)cc1Cl)C1=CCCCC1. The van der Waals surface area contributed by atoms with Crippen molar-refractivity contribution in [3.05, 3.63) is 46.3 Å². The Kier molecular flexibility index (Phi) is 3.95. The standard InChI is InChI=1S/C14H14ClFO/c15-13-9-12(16)7-6-11(13)8-14(17)10-4-2-1-3-5-10/h4,6-7,9H,1-3,5,8H2. The van der Waals surface area contributed by atoms with Gasteiger partial charge in [-0.1, -0.05) is 23.7 Å². The maximum absolute atomic E-state index is 12.9. The fourth-order valence-corrected chi connectivity index (χ4v) is 2.28. The van der Waals surface area contributed by atoms with E-state index in [1.54, 1.807) is 6.07 Å². The Morgan fingerprint density at radius 2 is 2.18 bits per heavy atom. The van der Waals surface area contributed by atoms with Gasteiger partial charge in [-0.3, -0.25) is 4.79 Å². The molecule has 0 spiro atoms. The number of Topliss-reactive ketones (excluding diaryl/α,β-unsaturated/α-hetero) is 1. The molecule has 1 nitrogen and oxygen atoms in total. The maximum atomic E-state index is 12.9. The van der Waals surface area contributed by atoms with Crippen molar-refractivity contribution < 1.29 is 9.18 Å². The van der Waals surface area contributed by atoms with E-state index in [0.717, 1.165) is 31.3 Å². The highest BCUT2D eigenvalue weighted by Gasteiger charge is 2.14. The molecular weight excluding hydrogens is 239 g/mol. The molecule has 2 rings (SSSR count). The van der Waals surface area contributed by atoms with E-state index in [4.69, 9.17) is 11.6 Å². The fraction of sp³-hybridized carbons (Fsp3) is 0.357. The first kappa shape index (κ1) is 12.3. The molecule has 1 aromatic carbocycles. The van der Waals surface area contributed by atoms with E-state index < -0.39 is 0 Å². The molecule has 0 bridgehead atoms. The van der Waals surface area contributed by atoms with E-state index in [-0.39, 0.29) is 18.0 Å². The van der Waals surface area contributed by atoms with Gasteiger partial charge >= 0.3 is 0 Å². The van der Waals surface area contributed by atoms with Gasteiger partial charge in [-0.2, -0.15) is 0 Å². The number of allylic oxidation sites excluding steroid dienone is 2. The summed E-state index contributed by atoms with van der Waals surface area (Å²) in [6.45, 7) is 0. The van der Waals surface area contributed by atoms with Gasteiger partial charge in [-0.25, -0.2) is 4.39 Å². The first-order valence-electron chi connectivity index (χ1n) is 5.83. The topological polar surface area (TPSA) is 17.1 Å². The van der Waals surface area contributed by atoms with Crippen LogP contribution in [-0.4, -0.2) is 5.78 Å². The lowest BCUT2D eigenvalue weighted by atomic mass is 9.93. The van der Waals surface area contributed by atoms with Crippen LogP contribution in [0.25, 0.3) is 0 Å². The number of benzene rings is 1. The molecule has 3 heteroatoms. The summed E-state index contributed by atoms with van der Waals surface area (Å²) in [5, 5.41) is 0.328. The van der Waals surface area contributed by atoms with Gasteiger partial charge in [0.2, 0.25) is 0 Å². The van der Waals surface area contributed by atoms with Crippen molar-refractivity contribution in [2.75, 3.05) is 0 Å². The Balaban J connectivity index is 2.10. The van der Waals surface area contributed by atoms with Gasteiger partial charge in [0.15, 0.2) is 5.78 Å².